The van der Waals surface area contributed by atoms with Crippen LogP contribution in [0, 0.1) is 21.4 Å². The van der Waals surface area contributed by atoms with Crippen LogP contribution in [0.15, 0.2) is 42.5 Å². The molecule has 2 aromatic carbocycles. The highest BCUT2D eigenvalue weighted by Crippen LogP contribution is 2.33. The molecule has 3 aromatic rings. The molecule has 0 atom stereocenters. The van der Waals surface area contributed by atoms with Gasteiger partial charge in [0.1, 0.15) is 27.4 Å². The maximum Gasteiger partial charge on any atom is 0.288 e. The van der Waals surface area contributed by atoms with Gasteiger partial charge in [-0.15, -0.1) is 11.3 Å². The van der Waals surface area contributed by atoms with Gasteiger partial charge in [-0.25, -0.2) is 4.98 Å². The smallest absolute Gasteiger partial charge is 0.288 e. The van der Waals surface area contributed by atoms with Crippen LogP contribution in [0.1, 0.15) is 10.6 Å². The minimum Gasteiger partial charge on any atom is -0.506 e. The van der Waals surface area contributed by atoms with Gasteiger partial charge in [0.05, 0.1) is 15.1 Å². The van der Waals surface area contributed by atoms with Crippen molar-refractivity contribution in [1.82, 2.24) is 4.98 Å². The van der Waals surface area contributed by atoms with E-state index in [-0.39, 0.29) is 27.6 Å². The Labute approximate surface area is 145 Å². The van der Waals surface area contributed by atoms with Gasteiger partial charge in [0, 0.05) is 11.6 Å². The summed E-state index contributed by atoms with van der Waals surface area (Å²) in [5, 5.41) is 31.1. The van der Waals surface area contributed by atoms with Gasteiger partial charge in [0.2, 0.25) is 0 Å². The van der Waals surface area contributed by atoms with Crippen LogP contribution >= 0.6 is 22.9 Å². The Morgan fingerprint density at radius 1 is 1.33 bits per heavy atom. The molecule has 0 fully saturated rings. The zero-order valence-electron chi connectivity index (χ0n) is 11.9. The van der Waals surface area contributed by atoms with Crippen molar-refractivity contribution in [2.75, 3.05) is 0 Å². The molecule has 0 aliphatic heterocycles. The number of aliphatic hydroxyl groups is 1. The molecule has 0 amide bonds. The number of hydrogen-bond donors (Lipinski definition) is 1. The van der Waals surface area contributed by atoms with Crippen LogP contribution in [0.5, 0.6) is 0 Å². The zero-order chi connectivity index (χ0) is 17.3. The lowest BCUT2D eigenvalue weighted by atomic mass is 10.1. The number of benzene rings is 2. The Kier molecular flexibility index (Phi) is 4.16. The number of nitriles is 1. The van der Waals surface area contributed by atoms with E-state index in [1.807, 2.05) is 24.3 Å². The number of fused-ring (bicyclic) bond motifs is 1. The van der Waals surface area contributed by atoms with Gasteiger partial charge < -0.3 is 5.11 Å². The van der Waals surface area contributed by atoms with E-state index in [1.54, 1.807) is 6.07 Å². The molecule has 1 N–H and O–H groups in total. The molecule has 6 nitrogen and oxygen atoms in total. The molecular formula is C16H8ClN3O3S. The maximum absolute atomic E-state index is 11.0. The zero-order valence-corrected chi connectivity index (χ0v) is 13.5. The topological polar surface area (TPSA) is 100 Å². The van der Waals surface area contributed by atoms with Crippen LogP contribution in [-0.4, -0.2) is 15.0 Å². The molecule has 24 heavy (non-hydrogen) atoms. The van der Waals surface area contributed by atoms with Gasteiger partial charge in [-0.1, -0.05) is 23.7 Å². The number of allylic oxidation sites excluding steroid dienone is 1. The molecule has 118 valence electrons. The predicted molar refractivity (Wildman–Crippen MR) is 92.8 cm³/mol. The number of nitro groups is 1. The molecule has 8 heteroatoms. The van der Waals surface area contributed by atoms with E-state index >= 15 is 0 Å². The van der Waals surface area contributed by atoms with Gasteiger partial charge in [-0.3, -0.25) is 10.1 Å². The summed E-state index contributed by atoms with van der Waals surface area (Å²) in [7, 11) is 0. The average Bonchev–Trinajstić information content (AvgIpc) is 2.99. The van der Waals surface area contributed by atoms with Crippen molar-refractivity contribution in [3.63, 3.8) is 0 Å². The summed E-state index contributed by atoms with van der Waals surface area (Å²) < 4.78 is 0.870. The predicted octanol–water partition coefficient (Wildman–Crippen LogP) is 4.81. The molecule has 0 aliphatic rings. The number of thiazole rings is 1. The fraction of sp³-hybridized carbons (Fsp3) is 0. The second-order valence-electron chi connectivity index (χ2n) is 4.75. The number of hydrogen-bond acceptors (Lipinski definition) is 6. The first-order valence-electron chi connectivity index (χ1n) is 6.65. The van der Waals surface area contributed by atoms with E-state index in [9.17, 15) is 20.5 Å². The fourth-order valence-electron chi connectivity index (χ4n) is 2.13. The number of aliphatic hydroxyl groups excluding tert-OH is 1. The number of halogens is 1. The third-order valence-corrected chi connectivity index (χ3v) is 4.65. The molecule has 0 bridgehead atoms. The van der Waals surface area contributed by atoms with Crippen molar-refractivity contribution in [2.45, 2.75) is 0 Å². The van der Waals surface area contributed by atoms with Crippen LogP contribution in [0.2, 0.25) is 5.02 Å². The first-order chi connectivity index (χ1) is 11.5. The lowest BCUT2D eigenvalue weighted by Crippen LogP contribution is -1.94. The van der Waals surface area contributed by atoms with Crippen LogP contribution in [0.4, 0.5) is 5.69 Å². The van der Waals surface area contributed by atoms with E-state index in [4.69, 9.17) is 11.6 Å². The molecule has 0 unspecified atom stereocenters. The first kappa shape index (κ1) is 15.9. The first-order valence-corrected chi connectivity index (χ1v) is 7.84. The van der Waals surface area contributed by atoms with Crippen molar-refractivity contribution in [3.8, 4) is 6.07 Å². The van der Waals surface area contributed by atoms with Gasteiger partial charge in [-0.05, 0) is 24.3 Å². The minimum atomic E-state index is -0.650. The van der Waals surface area contributed by atoms with Gasteiger partial charge >= 0.3 is 0 Å². The third kappa shape index (κ3) is 2.80. The normalized spacial score (nSPS) is 11.8. The lowest BCUT2D eigenvalue weighted by Gasteiger charge is -2.03. The summed E-state index contributed by atoms with van der Waals surface area (Å²) in [6, 6.07) is 13.1. The summed E-state index contributed by atoms with van der Waals surface area (Å²) in [6.45, 7) is 0. The van der Waals surface area contributed by atoms with E-state index < -0.39 is 4.92 Å². The molecule has 0 aliphatic carbocycles. The van der Waals surface area contributed by atoms with Crippen LogP contribution < -0.4 is 0 Å². The molecule has 1 heterocycles. The largest absolute Gasteiger partial charge is 0.506 e. The standard InChI is InChI=1S/C16H8ClN3O3S/c17-11-6-5-9(7-13(11)20(22)23)15(21)10(8-18)16-19-12-3-1-2-4-14(12)24-16/h1-7,21H. The molecule has 0 saturated carbocycles. The number of nitrogens with zero attached hydrogens (tertiary/aromatic N) is 3. The summed E-state index contributed by atoms with van der Waals surface area (Å²) in [5.41, 5.74) is 0.442. The van der Waals surface area contributed by atoms with E-state index in [1.165, 1.54) is 23.5 Å². The number of aromatic nitrogens is 1. The molecule has 0 saturated heterocycles. The summed E-state index contributed by atoms with van der Waals surface area (Å²) in [6.07, 6.45) is 0. The summed E-state index contributed by atoms with van der Waals surface area (Å²) in [4.78, 5) is 14.6. The quantitative estimate of drug-likeness (QED) is 0.314. The van der Waals surface area contributed by atoms with Crippen molar-refractivity contribution in [2.24, 2.45) is 0 Å². The Hall–Kier alpha value is -2.95. The molecule has 1 aromatic heterocycles. The van der Waals surface area contributed by atoms with E-state index in [0.717, 1.165) is 10.8 Å². The second kappa shape index (κ2) is 6.28. The minimum absolute atomic E-state index is 0.0463. The number of para-hydroxylation sites is 1. The fourth-order valence-corrected chi connectivity index (χ4v) is 3.27. The van der Waals surface area contributed by atoms with Crippen molar-refractivity contribution < 1.29 is 10.0 Å². The Bertz CT molecular complexity index is 1000. The van der Waals surface area contributed by atoms with Crippen molar-refractivity contribution in [1.29, 1.82) is 5.26 Å². The maximum atomic E-state index is 11.0. The Morgan fingerprint density at radius 3 is 2.75 bits per heavy atom. The molecule has 0 radical (unpaired) electrons. The monoisotopic (exact) mass is 357 g/mol. The van der Waals surface area contributed by atoms with Crippen LogP contribution in [-0.2, 0) is 0 Å². The number of nitro benzene ring substituents is 1. The number of rotatable bonds is 3. The third-order valence-electron chi connectivity index (χ3n) is 3.27. The SMILES string of the molecule is N#CC(=C(O)c1ccc(Cl)c([N+](=O)[O-])c1)c1nc2ccccc2s1. The molecular weight excluding hydrogens is 350 g/mol. The van der Waals surface area contributed by atoms with Crippen molar-refractivity contribution in [3.05, 3.63) is 68.2 Å². The Balaban J connectivity index is 2.16. The van der Waals surface area contributed by atoms with Gasteiger partial charge in [0.25, 0.3) is 5.69 Å². The van der Waals surface area contributed by atoms with E-state index in [2.05, 4.69) is 4.98 Å². The van der Waals surface area contributed by atoms with Crippen molar-refractivity contribution >= 4 is 50.2 Å². The van der Waals surface area contributed by atoms with Crippen LogP contribution in [0.25, 0.3) is 21.5 Å². The van der Waals surface area contributed by atoms with Gasteiger partial charge in [-0.2, -0.15) is 5.26 Å². The molecule has 3 rings (SSSR count). The van der Waals surface area contributed by atoms with Gasteiger partial charge in [0.15, 0.2) is 0 Å². The average molecular weight is 358 g/mol. The highest BCUT2D eigenvalue weighted by molar-refractivity contribution is 7.19. The summed E-state index contributed by atoms with van der Waals surface area (Å²) in [5.74, 6) is -0.378. The highest BCUT2D eigenvalue weighted by Gasteiger charge is 2.19. The Morgan fingerprint density at radius 2 is 2.08 bits per heavy atom. The lowest BCUT2D eigenvalue weighted by molar-refractivity contribution is -0.384. The summed E-state index contributed by atoms with van der Waals surface area (Å²) >= 11 is 7.02. The van der Waals surface area contributed by atoms with E-state index in [0.29, 0.717) is 10.5 Å². The highest BCUT2D eigenvalue weighted by atomic mass is 35.5. The second-order valence-corrected chi connectivity index (χ2v) is 6.18. The van der Waals surface area contributed by atoms with Crippen LogP contribution in [0.3, 0.4) is 0 Å². The molecule has 0 spiro atoms.